The number of benzene rings is 1. The molecule has 14 heavy (non-hydrogen) atoms. The highest BCUT2D eigenvalue weighted by Gasteiger charge is 2.12. The van der Waals surface area contributed by atoms with E-state index in [0.717, 1.165) is 8.95 Å². The lowest BCUT2D eigenvalue weighted by Crippen LogP contribution is -2.12. The van der Waals surface area contributed by atoms with Gasteiger partial charge in [-0.2, -0.15) is 0 Å². The first kappa shape index (κ1) is 11.7. The zero-order valence-electron chi connectivity index (χ0n) is 7.88. The molecule has 0 amide bonds. The smallest absolute Gasteiger partial charge is 0.339 e. The molecule has 0 atom stereocenters. The summed E-state index contributed by atoms with van der Waals surface area (Å²) < 4.78 is 6.68. The van der Waals surface area contributed by atoms with Gasteiger partial charge in [0.2, 0.25) is 0 Å². The second-order valence-corrected chi connectivity index (χ2v) is 4.85. The number of ether oxygens (including phenoxy) is 1. The largest absolute Gasteiger partial charge is 0.459 e. The zero-order chi connectivity index (χ0) is 10.7. The van der Waals surface area contributed by atoms with Gasteiger partial charge in [-0.25, -0.2) is 4.79 Å². The molecule has 0 bridgehead atoms. The van der Waals surface area contributed by atoms with Crippen molar-refractivity contribution >= 4 is 37.8 Å². The molecule has 1 rings (SSSR count). The highest BCUT2D eigenvalue weighted by molar-refractivity contribution is 9.11. The minimum atomic E-state index is -0.312. The number of hydrogen-bond acceptors (Lipinski definition) is 2. The average Bonchev–Trinajstić information content (AvgIpc) is 2.08. The van der Waals surface area contributed by atoms with Crippen molar-refractivity contribution in [2.75, 3.05) is 0 Å². The van der Waals surface area contributed by atoms with Crippen LogP contribution in [0.15, 0.2) is 27.1 Å². The van der Waals surface area contributed by atoms with Gasteiger partial charge in [0.1, 0.15) is 0 Å². The molecule has 0 N–H and O–H groups in total. The number of carbonyl (C=O) groups excluding carboxylic acids is 1. The predicted octanol–water partition coefficient (Wildman–Crippen LogP) is 3.78. The van der Waals surface area contributed by atoms with Crippen LogP contribution in [0.2, 0.25) is 0 Å². The number of carbonyl (C=O) groups is 1. The Labute approximate surface area is 99.9 Å². The molecule has 2 nitrogen and oxygen atoms in total. The van der Waals surface area contributed by atoms with Crippen LogP contribution in [-0.2, 0) is 4.74 Å². The summed E-state index contributed by atoms with van der Waals surface area (Å²) in [5.74, 6) is -0.312. The van der Waals surface area contributed by atoms with Gasteiger partial charge in [0.25, 0.3) is 0 Å². The van der Waals surface area contributed by atoms with Crippen LogP contribution in [0.25, 0.3) is 0 Å². The Morgan fingerprint density at radius 3 is 2.57 bits per heavy atom. The number of rotatable bonds is 2. The Hall–Kier alpha value is -0.350. The Balaban J connectivity index is 2.94. The first-order valence-corrected chi connectivity index (χ1v) is 5.75. The van der Waals surface area contributed by atoms with Crippen molar-refractivity contribution in [3.63, 3.8) is 0 Å². The van der Waals surface area contributed by atoms with Gasteiger partial charge in [0, 0.05) is 8.95 Å². The minimum Gasteiger partial charge on any atom is -0.459 e. The summed E-state index contributed by atoms with van der Waals surface area (Å²) in [7, 11) is 0. The molecule has 0 saturated heterocycles. The highest BCUT2D eigenvalue weighted by Crippen LogP contribution is 2.22. The van der Waals surface area contributed by atoms with Crippen molar-refractivity contribution in [2.24, 2.45) is 0 Å². The quantitative estimate of drug-likeness (QED) is 0.775. The van der Waals surface area contributed by atoms with Crippen molar-refractivity contribution in [3.05, 3.63) is 32.7 Å². The standard InChI is InChI=1S/C10H10Br2O2/c1-6(2)14-10(13)8-5-7(11)3-4-9(8)12/h3-6H,1-2H3. The third-order valence-electron chi connectivity index (χ3n) is 1.49. The lowest BCUT2D eigenvalue weighted by Gasteiger charge is -2.09. The molecule has 0 aliphatic rings. The van der Waals surface area contributed by atoms with Crippen LogP contribution in [0.3, 0.4) is 0 Å². The molecule has 0 aliphatic heterocycles. The fourth-order valence-electron chi connectivity index (χ4n) is 0.931. The van der Waals surface area contributed by atoms with Crippen LogP contribution in [0.1, 0.15) is 24.2 Å². The number of esters is 1. The van der Waals surface area contributed by atoms with Gasteiger partial charge in [0.15, 0.2) is 0 Å². The van der Waals surface area contributed by atoms with E-state index >= 15 is 0 Å². The fourth-order valence-corrected chi connectivity index (χ4v) is 1.70. The second-order valence-electron chi connectivity index (χ2n) is 3.08. The van der Waals surface area contributed by atoms with E-state index in [4.69, 9.17) is 4.74 Å². The maximum atomic E-state index is 11.6. The maximum absolute atomic E-state index is 11.6. The molecule has 0 heterocycles. The highest BCUT2D eigenvalue weighted by atomic mass is 79.9. The normalized spacial score (nSPS) is 10.4. The van der Waals surface area contributed by atoms with Crippen molar-refractivity contribution in [2.45, 2.75) is 20.0 Å². The molecule has 0 aliphatic carbocycles. The summed E-state index contributed by atoms with van der Waals surface area (Å²) in [6.07, 6.45) is -0.103. The summed E-state index contributed by atoms with van der Waals surface area (Å²) in [5.41, 5.74) is 0.535. The van der Waals surface area contributed by atoms with Crippen molar-refractivity contribution in [1.82, 2.24) is 0 Å². The summed E-state index contributed by atoms with van der Waals surface area (Å²) in [6.45, 7) is 3.65. The molecule has 0 aromatic heterocycles. The maximum Gasteiger partial charge on any atom is 0.339 e. The topological polar surface area (TPSA) is 26.3 Å². The summed E-state index contributed by atoms with van der Waals surface area (Å²) >= 11 is 6.60. The lowest BCUT2D eigenvalue weighted by molar-refractivity contribution is 0.0376. The summed E-state index contributed by atoms with van der Waals surface area (Å²) in [5, 5.41) is 0. The molecule has 0 spiro atoms. The van der Waals surface area contributed by atoms with Crippen molar-refractivity contribution in [3.8, 4) is 0 Å². The Morgan fingerprint density at radius 1 is 1.36 bits per heavy atom. The van der Waals surface area contributed by atoms with Gasteiger partial charge >= 0.3 is 5.97 Å². The molecule has 4 heteroatoms. The third kappa shape index (κ3) is 3.10. The van der Waals surface area contributed by atoms with Crippen LogP contribution >= 0.6 is 31.9 Å². The van der Waals surface area contributed by atoms with Crippen molar-refractivity contribution in [1.29, 1.82) is 0 Å². The fraction of sp³-hybridized carbons (Fsp3) is 0.300. The predicted molar refractivity (Wildman–Crippen MR) is 62.4 cm³/mol. The molecule has 0 saturated carbocycles. The van der Waals surface area contributed by atoms with E-state index in [2.05, 4.69) is 31.9 Å². The Bertz CT molecular complexity index is 348. The zero-order valence-corrected chi connectivity index (χ0v) is 11.1. The molecule has 76 valence electrons. The van der Waals surface area contributed by atoms with E-state index in [1.165, 1.54) is 0 Å². The first-order valence-electron chi connectivity index (χ1n) is 4.16. The molecule has 0 unspecified atom stereocenters. The van der Waals surface area contributed by atoms with E-state index in [-0.39, 0.29) is 12.1 Å². The van der Waals surface area contributed by atoms with E-state index < -0.39 is 0 Å². The number of hydrogen-bond donors (Lipinski definition) is 0. The molecule has 1 aromatic rings. The molecular weight excluding hydrogens is 312 g/mol. The molecular formula is C10H10Br2O2. The first-order chi connectivity index (χ1) is 6.50. The molecule has 1 aromatic carbocycles. The third-order valence-corrected chi connectivity index (χ3v) is 2.68. The molecule has 0 radical (unpaired) electrons. The van der Waals surface area contributed by atoms with E-state index in [1.807, 2.05) is 19.9 Å². The second kappa shape index (κ2) is 4.94. The Morgan fingerprint density at radius 2 is 2.00 bits per heavy atom. The SMILES string of the molecule is CC(C)OC(=O)c1cc(Br)ccc1Br. The van der Waals surface area contributed by atoms with Gasteiger partial charge in [-0.05, 0) is 48.0 Å². The van der Waals surface area contributed by atoms with Crippen LogP contribution in [-0.4, -0.2) is 12.1 Å². The van der Waals surface area contributed by atoms with Gasteiger partial charge in [-0.1, -0.05) is 15.9 Å². The lowest BCUT2D eigenvalue weighted by atomic mass is 10.2. The van der Waals surface area contributed by atoms with Crippen LogP contribution in [0.4, 0.5) is 0 Å². The van der Waals surface area contributed by atoms with Crippen molar-refractivity contribution < 1.29 is 9.53 Å². The van der Waals surface area contributed by atoms with Gasteiger partial charge < -0.3 is 4.74 Å². The van der Waals surface area contributed by atoms with E-state index in [0.29, 0.717) is 5.56 Å². The average molecular weight is 322 g/mol. The van der Waals surface area contributed by atoms with Crippen LogP contribution in [0, 0.1) is 0 Å². The van der Waals surface area contributed by atoms with Gasteiger partial charge in [-0.15, -0.1) is 0 Å². The van der Waals surface area contributed by atoms with Crippen LogP contribution < -0.4 is 0 Å². The number of halogens is 2. The molecule has 0 fully saturated rings. The summed E-state index contributed by atoms with van der Waals surface area (Å²) in [4.78, 5) is 11.6. The monoisotopic (exact) mass is 320 g/mol. The Kier molecular flexibility index (Phi) is 4.13. The van der Waals surface area contributed by atoms with Crippen LogP contribution in [0.5, 0.6) is 0 Å². The van der Waals surface area contributed by atoms with Gasteiger partial charge in [-0.3, -0.25) is 0 Å². The summed E-state index contributed by atoms with van der Waals surface area (Å²) in [6, 6.07) is 5.39. The minimum absolute atomic E-state index is 0.103. The van der Waals surface area contributed by atoms with E-state index in [9.17, 15) is 4.79 Å². The van der Waals surface area contributed by atoms with Gasteiger partial charge in [0.05, 0.1) is 11.7 Å². The van der Waals surface area contributed by atoms with E-state index in [1.54, 1.807) is 12.1 Å².